The number of benzene rings is 2. The Morgan fingerprint density at radius 2 is 1.79 bits per heavy atom. The molecule has 0 saturated carbocycles. The summed E-state index contributed by atoms with van der Waals surface area (Å²) in [6.45, 7) is 3.17. The summed E-state index contributed by atoms with van der Waals surface area (Å²) in [4.78, 5) is 21.4. The summed E-state index contributed by atoms with van der Waals surface area (Å²) in [7, 11) is 0. The number of hydrogen-bond acceptors (Lipinski definition) is 7. The number of rotatable bonds is 4. The van der Waals surface area contributed by atoms with Crippen molar-refractivity contribution < 1.29 is 41.0 Å². The van der Waals surface area contributed by atoms with Gasteiger partial charge in [-0.15, -0.1) is 0 Å². The molecule has 2 unspecified atom stereocenters. The summed E-state index contributed by atoms with van der Waals surface area (Å²) in [6, 6.07) is 6.49. The monoisotopic (exact) mass is 625 g/mol. The Morgan fingerprint density at radius 3 is 2.51 bits per heavy atom. The summed E-state index contributed by atoms with van der Waals surface area (Å²) in [5.41, 5.74) is -2.00. The number of carbonyl (C=O) groups is 1. The number of thioether (sulfide) groups is 1. The Hall–Kier alpha value is -3.40. The minimum Gasteiger partial charge on any atom is -0.390 e. The van der Waals surface area contributed by atoms with Crippen molar-refractivity contribution in [1.82, 2.24) is 19.6 Å². The number of amidine groups is 1. The highest BCUT2D eigenvalue weighted by Crippen LogP contribution is 2.38. The third-order valence-corrected chi connectivity index (χ3v) is 8.72. The van der Waals surface area contributed by atoms with Crippen molar-refractivity contribution in [2.24, 2.45) is 4.99 Å². The van der Waals surface area contributed by atoms with Crippen LogP contribution in [0.4, 0.5) is 26.3 Å². The molecule has 228 valence electrons. The van der Waals surface area contributed by atoms with Crippen LogP contribution in [0.1, 0.15) is 22.3 Å². The van der Waals surface area contributed by atoms with E-state index in [9.17, 15) is 36.2 Å². The molecule has 0 aliphatic carbocycles. The maximum atomic E-state index is 13.6. The van der Waals surface area contributed by atoms with E-state index >= 15 is 0 Å². The van der Waals surface area contributed by atoms with E-state index < -0.39 is 42.0 Å². The third-order valence-electron chi connectivity index (χ3n) is 7.68. The number of aliphatic hydroxyl groups excluding tert-OH is 1. The fourth-order valence-electron chi connectivity index (χ4n) is 5.52. The fourth-order valence-corrected chi connectivity index (χ4v) is 6.45. The summed E-state index contributed by atoms with van der Waals surface area (Å²) in [6.07, 6.45) is -7.38. The van der Waals surface area contributed by atoms with Gasteiger partial charge in [0.25, 0.3) is 5.91 Å². The summed E-state index contributed by atoms with van der Waals surface area (Å²) >= 11 is 1.21. The minimum absolute atomic E-state index is 0.0796. The Kier molecular flexibility index (Phi) is 7.77. The van der Waals surface area contributed by atoms with Crippen molar-refractivity contribution >= 4 is 39.8 Å². The molecule has 0 spiro atoms. The number of carbonyl (C=O) groups excluding carboxylic acids is 1. The lowest BCUT2D eigenvalue weighted by molar-refractivity contribution is -0.143. The summed E-state index contributed by atoms with van der Waals surface area (Å²) < 4.78 is 86.7. The highest BCUT2D eigenvalue weighted by molar-refractivity contribution is 8.18. The van der Waals surface area contributed by atoms with E-state index in [0.29, 0.717) is 58.9 Å². The van der Waals surface area contributed by atoms with E-state index in [1.807, 2.05) is 4.90 Å². The van der Waals surface area contributed by atoms with Gasteiger partial charge in [0.05, 0.1) is 59.6 Å². The third kappa shape index (κ3) is 6.16. The first kappa shape index (κ1) is 29.7. The van der Waals surface area contributed by atoms with E-state index in [-0.39, 0.29) is 17.7 Å². The lowest BCUT2D eigenvalue weighted by Crippen LogP contribution is -2.48. The largest absolute Gasteiger partial charge is 0.416 e. The number of aliphatic hydroxyl groups is 1. The number of hydrogen-bond donors (Lipinski definition) is 1. The van der Waals surface area contributed by atoms with Crippen molar-refractivity contribution in [2.75, 3.05) is 39.4 Å². The SMILES string of the molecule is O=C1N=C(N2CC(O)C(N3CCOCC3)C2)SC1=Cc1ccc2c(cnn2Cc2ccc(C(F)(F)F)cc2C(F)(F)F)c1. The lowest BCUT2D eigenvalue weighted by Gasteiger charge is -2.33. The van der Waals surface area contributed by atoms with Gasteiger partial charge in [-0.25, -0.2) is 0 Å². The number of amides is 1. The Balaban J connectivity index is 1.18. The van der Waals surface area contributed by atoms with Gasteiger partial charge in [0, 0.05) is 31.6 Å². The van der Waals surface area contributed by atoms with Crippen molar-refractivity contribution in [3.63, 3.8) is 0 Å². The van der Waals surface area contributed by atoms with Crippen molar-refractivity contribution in [3.8, 4) is 0 Å². The molecule has 2 saturated heterocycles. The Morgan fingerprint density at radius 1 is 1.02 bits per heavy atom. The molecule has 3 aromatic rings. The maximum absolute atomic E-state index is 13.6. The van der Waals surface area contributed by atoms with Crippen LogP contribution in [0.25, 0.3) is 17.0 Å². The van der Waals surface area contributed by atoms with E-state index in [4.69, 9.17) is 4.74 Å². The molecule has 6 rings (SSSR count). The smallest absolute Gasteiger partial charge is 0.390 e. The van der Waals surface area contributed by atoms with E-state index in [2.05, 4.69) is 15.0 Å². The van der Waals surface area contributed by atoms with Crippen molar-refractivity contribution in [3.05, 3.63) is 69.8 Å². The number of halogens is 6. The van der Waals surface area contributed by atoms with Crippen molar-refractivity contribution in [2.45, 2.75) is 31.0 Å². The van der Waals surface area contributed by atoms with Gasteiger partial charge in [-0.05, 0) is 53.2 Å². The second kappa shape index (κ2) is 11.3. The van der Waals surface area contributed by atoms with Gasteiger partial charge < -0.3 is 14.7 Å². The van der Waals surface area contributed by atoms with E-state index in [1.54, 1.807) is 24.3 Å². The van der Waals surface area contributed by atoms with Crippen LogP contribution < -0.4 is 0 Å². The summed E-state index contributed by atoms with van der Waals surface area (Å²) in [5, 5.41) is 15.9. The number of nitrogens with zero attached hydrogens (tertiary/aromatic N) is 5. The molecule has 2 atom stereocenters. The molecule has 1 amide bonds. The topological polar surface area (TPSA) is 83.2 Å². The quantitative estimate of drug-likeness (QED) is 0.339. The fraction of sp³-hybridized carbons (Fsp3) is 0.393. The van der Waals surface area contributed by atoms with Gasteiger partial charge in [-0.2, -0.15) is 36.4 Å². The standard InChI is InChI=1S/C28H25F6N5O3S/c29-27(30,31)19-3-2-17(20(11-19)28(32,33)34)13-39-21-4-1-16(9-18(21)12-35-39)10-24-25(41)36-26(43-24)38-14-22(23(40)15-38)37-5-7-42-8-6-37/h1-4,9-12,22-23,40H,5-8,13-15H2. The number of aromatic nitrogens is 2. The number of aliphatic imine (C=N–C) groups is 1. The van der Waals surface area contributed by atoms with Crippen LogP contribution in [-0.4, -0.2) is 87.3 Å². The first-order valence-corrected chi connectivity index (χ1v) is 14.2. The zero-order chi connectivity index (χ0) is 30.5. The number of likely N-dealkylation sites (tertiary alicyclic amines) is 1. The zero-order valence-corrected chi connectivity index (χ0v) is 23.2. The molecule has 1 aromatic heterocycles. The molecular weight excluding hydrogens is 600 g/mol. The maximum Gasteiger partial charge on any atom is 0.416 e. The molecule has 2 fully saturated rings. The number of ether oxygens (including phenoxy) is 1. The second-order valence-electron chi connectivity index (χ2n) is 10.5. The van der Waals surface area contributed by atoms with Crippen LogP contribution in [0.3, 0.4) is 0 Å². The van der Waals surface area contributed by atoms with Gasteiger partial charge >= 0.3 is 12.4 Å². The zero-order valence-electron chi connectivity index (χ0n) is 22.4. The molecule has 4 heterocycles. The highest BCUT2D eigenvalue weighted by Gasteiger charge is 2.40. The normalized spacial score (nSPS) is 23.1. The molecule has 2 aromatic carbocycles. The van der Waals surface area contributed by atoms with Crippen LogP contribution >= 0.6 is 11.8 Å². The Labute approximate surface area is 245 Å². The lowest BCUT2D eigenvalue weighted by atomic mass is 10.0. The highest BCUT2D eigenvalue weighted by atomic mass is 32.2. The van der Waals surface area contributed by atoms with Crippen LogP contribution in [-0.2, 0) is 28.4 Å². The molecule has 3 aliphatic heterocycles. The van der Waals surface area contributed by atoms with Gasteiger partial charge in [0.15, 0.2) is 5.17 Å². The first-order chi connectivity index (χ1) is 20.4. The van der Waals surface area contributed by atoms with Crippen LogP contribution in [0.5, 0.6) is 0 Å². The van der Waals surface area contributed by atoms with Crippen LogP contribution in [0, 0.1) is 0 Å². The molecule has 1 N–H and O–H groups in total. The van der Waals surface area contributed by atoms with Crippen LogP contribution in [0.15, 0.2) is 52.5 Å². The summed E-state index contributed by atoms with van der Waals surface area (Å²) in [5.74, 6) is -0.415. The first-order valence-electron chi connectivity index (χ1n) is 13.4. The van der Waals surface area contributed by atoms with Crippen LogP contribution in [0.2, 0.25) is 0 Å². The number of fused-ring (bicyclic) bond motifs is 1. The minimum atomic E-state index is -4.98. The number of alkyl halides is 6. The molecule has 15 heteroatoms. The van der Waals surface area contributed by atoms with Crippen molar-refractivity contribution in [1.29, 1.82) is 0 Å². The molecule has 0 bridgehead atoms. The van der Waals surface area contributed by atoms with Gasteiger partial charge in [-0.1, -0.05) is 12.1 Å². The Bertz CT molecular complexity index is 1610. The molecular formula is C28H25F6N5O3S. The van der Waals surface area contributed by atoms with Gasteiger partial charge in [0.2, 0.25) is 0 Å². The molecule has 0 radical (unpaired) electrons. The average Bonchev–Trinajstić information content (AvgIpc) is 3.65. The predicted octanol–water partition coefficient (Wildman–Crippen LogP) is 4.47. The number of β-amino-alcohol motifs (C(OH)–C–C–N with tert-alkyl or cyclic N) is 1. The van der Waals surface area contributed by atoms with Gasteiger partial charge in [0.1, 0.15) is 0 Å². The van der Waals surface area contributed by atoms with E-state index in [1.165, 1.54) is 22.6 Å². The molecule has 43 heavy (non-hydrogen) atoms. The molecule has 3 aliphatic rings. The van der Waals surface area contributed by atoms with Gasteiger partial charge in [-0.3, -0.25) is 14.4 Å². The average molecular weight is 626 g/mol. The molecule has 8 nitrogen and oxygen atoms in total. The van der Waals surface area contributed by atoms with E-state index in [0.717, 1.165) is 19.2 Å². The second-order valence-corrected chi connectivity index (χ2v) is 11.5. The number of morpholine rings is 1. The predicted molar refractivity (Wildman–Crippen MR) is 147 cm³/mol.